The van der Waals surface area contributed by atoms with Crippen molar-refractivity contribution < 1.29 is 0 Å². The first-order valence-electron chi connectivity index (χ1n) is 41.3. The maximum absolute atomic E-state index is 5.68. The maximum Gasteiger partial charge on any atom is 0.145 e. The van der Waals surface area contributed by atoms with Crippen molar-refractivity contribution in [3.63, 3.8) is 0 Å². The zero-order valence-electron chi connectivity index (χ0n) is 65.3. The molecule has 0 radical (unpaired) electrons. The van der Waals surface area contributed by atoms with E-state index >= 15 is 0 Å². The van der Waals surface area contributed by atoms with Crippen molar-refractivity contribution in [2.24, 2.45) is 0 Å². The Kier molecular flexibility index (Phi) is 15.3. The number of fused-ring (bicyclic) bond motifs is 17. The van der Waals surface area contributed by atoms with Gasteiger partial charge in [0.1, 0.15) is 5.82 Å². The van der Waals surface area contributed by atoms with Crippen molar-refractivity contribution in [1.29, 1.82) is 0 Å². The summed E-state index contributed by atoms with van der Waals surface area (Å²) >= 11 is 0. The van der Waals surface area contributed by atoms with Crippen molar-refractivity contribution in [2.45, 2.75) is 0 Å². The lowest BCUT2D eigenvalue weighted by molar-refractivity contribution is 1.10. The van der Waals surface area contributed by atoms with E-state index in [1.165, 1.54) is 82.4 Å². The van der Waals surface area contributed by atoms with E-state index in [-0.39, 0.29) is 0 Å². The fraction of sp³-hybridized carbons (Fsp3) is 0. The van der Waals surface area contributed by atoms with Crippen LogP contribution in [0.4, 0.5) is 0 Å². The van der Waals surface area contributed by atoms with Gasteiger partial charge in [-0.15, -0.1) is 0 Å². The highest BCUT2D eigenvalue weighted by Gasteiger charge is 2.33. The van der Waals surface area contributed by atoms with Crippen LogP contribution in [0.15, 0.2) is 407 Å². The van der Waals surface area contributed by atoms with Gasteiger partial charge in [-0.2, -0.15) is 0 Å². The number of benzene rings is 18. The SMILES string of the molecule is c1ccc(-c2c3c(c(-c4ccccc4)c4ccccc24)-c2ccc(-c4cc(-c5cccc6c(-c7ccc(-c8cc(-c9cccc(-c%10ccc%11c%12cccnc%12c%12ncccc%12c%11n%10)c9)c9ccc%10cccnc%10c9n8)cc7)c7ccccc7c(-c7ccc8ccccc8c7)c56)cc(-c5nc6ccccc6n5-c5ccccc5)c4)c4cccc-3c24)cc1. The van der Waals surface area contributed by atoms with Gasteiger partial charge >= 0.3 is 0 Å². The molecule has 0 N–H and O–H groups in total. The number of rotatable bonds is 11. The first kappa shape index (κ1) is 68.0. The lowest BCUT2D eigenvalue weighted by Crippen LogP contribution is -1.98. The molecular formula is C114H67N7. The van der Waals surface area contributed by atoms with Crippen LogP contribution in [0.1, 0.15) is 0 Å². The molecule has 7 nitrogen and oxygen atoms in total. The molecule has 0 bridgehead atoms. The number of imidazole rings is 1. The van der Waals surface area contributed by atoms with Gasteiger partial charge in [-0.05, 0) is 251 Å². The van der Waals surface area contributed by atoms with E-state index in [1.54, 1.807) is 0 Å². The molecule has 18 aromatic carbocycles. The van der Waals surface area contributed by atoms with Crippen molar-refractivity contribution in [3.8, 4) is 140 Å². The summed E-state index contributed by atoms with van der Waals surface area (Å²) in [6.45, 7) is 0. The maximum atomic E-state index is 5.68. The molecule has 25 rings (SSSR count). The van der Waals surface area contributed by atoms with Crippen LogP contribution >= 0.6 is 0 Å². The van der Waals surface area contributed by atoms with E-state index in [1.807, 2.05) is 36.8 Å². The fourth-order valence-electron chi connectivity index (χ4n) is 19.9. The average Bonchev–Trinajstić information content (AvgIpc) is 1.56. The van der Waals surface area contributed by atoms with Crippen LogP contribution in [0.2, 0.25) is 0 Å². The van der Waals surface area contributed by atoms with Gasteiger partial charge in [0.2, 0.25) is 0 Å². The summed E-state index contributed by atoms with van der Waals surface area (Å²) in [5.74, 6) is 0.852. The van der Waals surface area contributed by atoms with E-state index in [4.69, 9.17) is 29.9 Å². The van der Waals surface area contributed by atoms with Crippen LogP contribution in [-0.2, 0) is 0 Å². The smallest absolute Gasteiger partial charge is 0.145 e. The first-order valence-corrected chi connectivity index (χ1v) is 41.3. The molecule has 24 aromatic rings. The lowest BCUT2D eigenvalue weighted by atomic mass is 9.82. The van der Waals surface area contributed by atoms with Crippen LogP contribution in [-0.4, -0.2) is 34.5 Å². The van der Waals surface area contributed by atoms with Crippen LogP contribution in [0.3, 0.4) is 0 Å². The Morgan fingerprint density at radius 1 is 0.190 bits per heavy atom. The number of hydrogen-bond acceptors (Lipinski definition) is 6. The standard InChI is InChI=1S/C114H67N7/c1-4-25-70(26-5-1)102-87-37-14-15-38-88(87)103(71-27-6-2-7-28-71)108-94-56-55-82(84-40-20-42-93(105(84)94)107(102)108)78-64-79(66-80(65-78)114-120-98-45-16-17-46-100(98)121(114)81-33-8-3-9-34-81)83-39-19-41-92-101(85-35-12-13-36-86(85)104(106(83)92)77-52-47-68-24-10-11-29-74(68)62-77)72-50-48-69(49-51-72)99-67-96(91-54-53-73-32-21-59-115-109(73)113(91)119-99)75-30-18-31-76(63-75)97-58-57-90-89-43-22-60-116-111(89)112-95(110(90)118-97)44-23-61-117-112/h1-67H. The molecule has 6 aromatic heterocycles. The van der Waals surface area contributed by atoms with Gasteiger partial charge in [-0.1, -0.05) is 291 Å². The van der Waals surface area contributed by atoms with Gasteiger partial charge in [0, 0.05) is 67.9 Å². The van der Waals surface area contributed by atoms with Crippen molar-refractivity contribution >= 4 is 119 Å². The summed E-state index contributed by atoms with van der Waals surface area (Å²) in [5, 5.41) is 16.9. The highest BCUT2D eigenvalue weighted by atomic mass is 15.1. The summed E-state index contributed by atoms with van der Waals surface area (Å²) < 4.78 is 2.34. The third-order valence-electron chi connectivity index (χ3n) is 25.2. The topological polar surface area (TPSA) is 82.3 Å². The number of hydrogen-bond donors (Lipinski definition) is 0. The summed E-state index contributed by atoms with van der Waals surface area (Å²) in [7, 11) is 0. The number of nitrogens with zero attached hydrogens (tertiary/aromatic N) is 7. The molecule has 0 atom stereocenters. The summed E-state index contributed by atoms with van der Waals surface area (Å²) in [6.07, 6.45) is 5.54. The number of para-hydroxylation sites is 3. The van der Waals surface area contributed by atoms with E-state index in [0.717, 1.165) is 177 Å². The Morgan fingerprint density at radius 2 is 0.686 bits per heavy atom. The van der Waals surface area contributed by atoms with Gasteiger partial charge in [-0.25, -0.2) is 15.0 Å². The van der Waals surface area contributed by atoms with Gasteiger partial charge in [0.15, 0.2) is 0 Å². The van der Waals surface area contributed by atoms with Crippen LogP contribution in [0.5, 0.6) is 0 Å². The minimum atomic E-state index is 0.838. The zero-order valence-corrected chi connectivity index (χ0v) is 65.3. The minimum Gasteiger partial charge on any atom is -0.292 e. The molecule has 0 amide bonds. The second-order valence-electron chi connectivity index (χ2n) is 31.8. The molecule has 0 saturated carbocycles. The Balaban J connectivity index is 0.702. The van der Waals surface area contributed by atoms with Gasteiger partial charge in [0.25, 0.3) is 0 Å². The van der Waals surface area contributed by atoms with Gasteiger partial charge in [0.05, 0.1) is 50.0 Å². The van der Waals surface area contributed by atoms with Crippen LogP contribution in [0.25, 0.3) is 259 Å². The zero-order chi connectivity index (χ0) is 79.3. The summed E-state index contributed by atoms with van der Waals surface area (Å²) in [5.41, 5.74) is 32.8. The quantitative estimate of drug-likeness (QED) is 0.0948. The van der Waals surface area contributed by atoms with Gasteiger partial charge < -0.3 is 0 Å². The van der Waals surface area contributed by atoms with Crippen molar-refractivity contribution in [1.82, 2.24) is 34.5 Å². The number of aromatic nitrogens is 7. The normalized spacial score (nSPS) is 12.0. The molecule has 0 saturated heterocycles. The molecule has 558 valence electrons. The van der Waals surface area contributed by atoms with E-state index < -0.39 is 0 Å². The predicted octanol–water partition coefficient (Wildman–Crippen LogP) is 29.8. The highest BCUT2D eigenvalue weighted by Crippen LogP contribution is 2.60. The second-order valence-corrected chi connectivity index (χ2v) is 31.8. The average molecular weight is 1530 g/mol. The number of pyridine rings is 5. The molecular weight excluding hydrogens is 1470 g/mol. The van der Waals surface area contributed by atoms with Crippen molar-refractivity contribution in [3.05, 3.63) is 407 Å². The Morgan fingerprint density at radius 3 is 1.45 bits per heavy atom. The van der Waals surface area contributed by atoms with Crippen LogP contribution in [0, 0.1) is 0 Å². The summed E-state index contributed by atoms with van der Waals surface area (Å²) in [6, 6.07) is 142. The second kappa shape index (κ2) is 27.2. The molecule has 0 spiro atoms. The van der Waals surface area contributed by atoms with E-state index in [2.05, 4.69) is 375 Å². The first-order chi connectivity index (χ1) is 60.0. The third kappa shape index (κ3) is 10.7. The minimum absolute atomic E-state index is 0.838. The predicted molar refractivity (Wildman–Crippen MR) is 504 cm³/mol. The fourth-order valence-corrected chi connectivity index (χ4v) is 19.9. The van der Waals surface area contributed by atoms with Gasteiger partial charge in [-0.3, -0.25) is 19.5 Å². The monoisotopic (exact) mass is 1530 g/mol. The van der Waals surface area contributed by atoms with E-state index in [0.29, 0.717) is 0 Å². The summed E-state index contributed by atoms with van der Waals surface area (Å²) in [4.78, 5) is 31.4. The highest BCUT2D eigenvalue weighted by molar-refractivity contribution is 6.30. The van der Waals surface area contributed by atoms with Crippen LogP contribution < -0.4 is 0 Å². The Hall–Kier alpha value is -16.2. The molecule has 121 heavy (non-hydrogen) atoms. The molecule has 1 aliphatic rings. The third-order valence-corrected chi connectivity index (χ3v) is 25.2. The molecule has 7 heteroatoms. The molecule has 0 unspecified atom stereocenters. The lowest BCUT2D eigenvalue weighted by Gasteiger charge is -2.21. The Bertz CT molecular complexity index is 8380. The Labute approximate surface area is 695 Å². The molecule has 1 aliphatic carbocycles. The molecule has 0 fully saturated rings. The molecule has 0 aliphatic heterocycles. The van der Waals surface area contributed by atoms with E-state index in [9.17, 15) is 0 Å². The molecule has 6 heterocycles. The largest absolute Gasteiger partial charge is 0.292 e. The van der Waals surface area contributed by atoms with Crippen molar-refractivity contribution in [2.75, 3.05) is 0 Å².